The Labute approximate surface area is 386 Å². The fraction of sp³-hybridized carbons (Fsp3) is 0.404. The van der Waals surface area contributed by atoms with E-state index in [1.54, 1.807) is 0 Å². The second kappa shape index (κ2) is 18.3. The zero-order chi connectivity index (χ0) is 44.6. The summed E-state index contributed by atoms with van der Waals surface area (Å²) in [4.78, 5) is 35.0. The third kappa shape index (κ3) is 8.82. The summed E-state index contributed by atoms with van der Waals surface area (Å²) in [6.07, 6.45) is 19.3. The molecular weight excluding hydrogens is 823 g/mol. The summed E-state index contributed by atoms with van der Waals surface area (Å²) in [5.41, 5.74) is 10.2. The van der Waals surface area contributed by atoms with Gasteiger partial charge in [-0.25, -0.2) is 0 Å². The number of likely N-dealkylation sites (tertiary alicyclic amines) is 1. The molecule has 3 aliphatic heterocycles. The van der Waals surface area contributed by atoms with E-state index < -0.39 is 0 Å². The van der Waals surface area contributed by atoms with Gasteiger partial charge in [-0.15, -0.1) is 0 Å². The maximum Gasteiger partial charge on any atom is 0.251 e. The van der Waals surface area contributed by atoms with E-state index in [1.165, 1.54) is 63.4 Å². The Kier molecular flexibility index (Phi) is 11.8. The minimum atomic E-state index is -0.219. The Morgan fingerprint density at radius 2 is 1.29 bits per heavy atom. The molecule has 0 amide bonds. The number of aromatic amines is 2. The molecule has 9 nitrogen and oxygen atoms in total. The number of allylic oxidation sites excluding steroid dienone is 1. The second-order valence-corrected chi connectivity index (χ2v) is 19.5. The standard InChI is InChI=1S/C57H61N3O6/c1-2-37-29-43-30-38(11-16-49(43)58-55(37)61)47(20-23-57-22-6-3-5-9-45(57)35-57)41-14-19-52-54(34-41)66-46(36-65-52)15-10-42-32-44-31-39(12-17-50(44)59-56(42)62)48(21-26-60-24-7-4-8-25-60)40-13-18-51-53(33-40)64-28-27-63-51/h11-14,16-21,29-34,45-46H,2-10,15,22-28,35-36H2,1H3,(H,58,61)(H,59,62)/b47-20+,48-21-. The van der Waals surface area contributed by atoms with E-state index in [4.69, 9.17) is 18.9 Å². The largest absolute Gasteiger partial charge is 0.486 e. The molecule has 340 valence electrons. The Bertz CT molecular complexity index is 2980. The van der Waals surface area contributed by atoms with E-state index >= 15 is 0 Å². The first-order chi connectivity index (χ1) is 32.4. The summed E-state index contributed by atoms with van der Waals surface area (Å²) < 4.78 is 24.9. The van der Waals surface area contributed by atoms with E-state index in [0.29, 0.717) is 44.5 Å². The van der Waals surface area contributed by atoms with Crippen LogP contribution in [0.15, 0.2) is 107 Å². The van der Waals surface area contributed by atoms with Gasteiger partial charge in [-0.1, -0.05) is 69.0 Å². The lowest BCUT2D eigenvalue weighted by atomic mass is 9.89. The van der Waals surface area contributed by atoms with Crippen molar-refractivity contribution in [2.24, 2.45) is 11.3 Å². The van der Waals surface area contributed by atoms with Crippen LogP contribution in [-0.4, -0.2) is 60.4 Å². The number of hydrogen-bond donors (Lipinski definition) is 2. The number of benzene rings is 4. The highest BCUT2D eigenvalue weighted by Gasteiger charge is 2.52. The van der Waals surface area contributed by atoms with E-state index in [-0.39, 0.29) is 17.2 Å². The maximum atomic E-state index is 13.6. The van der Waals surface area contributed by atoms with Crippen LogP contribution in [0.2, 0.25) is 0 Å². The van der Waals surface area contributed by atoms with Gasteiger partial charge in [0.05, 0.1) is 0 Å². The first-order valence-corrected chi connectivity index (χ1v) is 24.7. The molecule has 0 spiro atoms. The zero-order valence-electron chi connectivity index (χ0n) is 38.2. The monoisotopic (exact) mass is 883 g/mol. The number of H-pyrrole nitrogens is 2. The van der Waals surface area contributed by atoms with Crippen LogP contribution in [0.3, 0.4) is 0 Å². The van der Waals surface area contributed by atoms with E-state index in [9.17, 15) is 9.59 Å². The van der Waals surface area contributed by atoms with Crippen LogP contribution in [0.1, 0.15) is 111 Å². The highest BCUT2D eigenvalue weighted by molar-refractivity contribution is 5.90. The summed E-state index contributed by atoms with van der Waals surface area (Å²) in [7, 11) is 0. The van der Waals surface area contributed by atoms with Crippen molar-refractivity contribution in [2.45, 2.75) is 96.5 Å². The summed E-state index contributed by atoms with van der Waals surface area (Å²) in [5, 5.41) is 2.03. The average molecular weight is 884 g/mol. The van der Waals surface area contributed by atoms with Crippen LogP contribution >= 0.6 is 0 Å². The minimum absolute atomic E-state index is 0.0181. The summed E-state index contributed by atoms with van der Waals surface area (Å²) in [6.45, 7) is 6.64. The summed E-state index contributed by atoms with van der Waals surface area (Å²) >= 11 is 0. The van der Waals surface area contributed by atoms with Gasteiger partial charge in [-0.3, -0.25) is 14.5 Å². The lowest BCUT2D eigenvalue weighted by Crippen LogP contribution is -2.30. The number of pyridine rings is 2. The smallest absolute Gasteiger partial charge is 0.251 e. The van der Waals surface area contributed by atoms with Crippen molar-refractivity contribution >= 4 is 33.0 Å². The van der Waals surface area contributed by atoms with Gasteiger partial charge in [-0.2, -0.15) is 0 Å². The molecule has 2 N–H and O–H groups in total. The normalized spacial score (nSPS) is 22.0. The molecule has 3 atom stereocenters. The quantitative estimate of drug-likeness (QED) is 0.126. The van der Waals surface area contributed by atoms with E-state index in [1.807, 2.05) is 37.3 Å². The number of fused-ring (bicyclic) bond motifs is 5. The van der Waals surface area contributed by atoms with Crippen LogP contribution in [-0.2, 0) is 12.8 Å². The molecule has 1 saturated heterocycles. The fourth-order valence-electron chi connectivity index (χ4n) is 11.3. The number of rotatable bonds is 12. The molecule has 0 radical (unpaired) electrons. The van der Waals surface area contributed by atoms with Gasteiger partial charge >= 0.3 is 0 Å². The van der Waals surface area contributed by atoms with Crippen molar-refractivity contribution in [3.05, 3.63) is 151 Å². The number of aryl methyl sites for hydroxylation is 2. The van der Waals surface area contributed by atoms with Crippen LogP contribution in [0.25, 0.3) is 33.0 Å². The van der Waals surface area contributed by atoms with Gasteiger partial charge < -0.3 is 28.9 Å². The van der Waals surface area contributed by atoms with Gasteiger partial charge in [0.2, 0.25) is 0 Å². The lowest BCUT2D eigenvalue weighted by molar-refractivity contribution is 0.0850. The number of aromatic nitrogens is 2. The molecule has 2 aromatic heterocycles. The van der Waals surface area contributed by atoms with Crippen molar-refractivity contribution in [3.63, 3.8) is 0 Å². The average Bonchev–Trinajstić information content (AvgIpc) is 4.08. The molecule has 0 bridgehead atoms. The maximum absolute atomic E-state index is 13.6. The predicted molar refractivity (Wildman–Crippen MR) is 263 cm³/mol. The molecule has 6 aromatic rings. The molecule has 4 aromatic carbocycles. The van der Waals surface area contributed by atoms with Gasteiger partial charge in [0.15, 0.2) is 23.0 Å². The highest BCUT2D eigenvalue weighted by Crippen LogP contribution is 2.62. The predicted octanol–water partition coefficient (Wildman–Crippen LogP) is 11.2. The zero-order valence-corrected chi connectivity index (χ0v) is 38.2. The van der Waals surface area contributed by atoms with Crippen molar-refractivity contribution in [1.82, 2.24) is 14.9 Å². The summed E-state index contributed by atoms with van der Waals surface area (Å²) in [5.74, 6) is 3.85. The first kappa shape index (κ1) is 42.6. The lowest BCUT2D eigenvalue weighted by Gasteiger charge is -2.27. The van der Waals surface area contributed by atoms with Gasteiger partial charge in [0.25, 0.3) is 11.1 Å². The van der Waals surface area contributed by atoms with E-state index in [2.05, 4.69) is 81.6 Å². The number of nitrogens with one attached hydrogen (secondary N) is 2. The molecule has 3 fully saturated rings. The Morgan fingerprint density at radius 1 is 0.667 bits per heavy atom. The molecule has 2 aliphatic carbocycles. The third-order valence-electron chi connectivity index (χ3n) is 15.2. The SMILES string of the molecule is CCc1cc2cc(/C(=C\CC34CCCCCC3C4)c3ccc4c(c3)OC(CCc3cc5cc(/C(=C/CN6CCCCC6)c6ccc7c(c6)OCCO7)ccc5[nH]c3=O)CO4)ccc2[nH]c1=O. The van der Waals surface area contributed by atoms with Gasteiger partial charge in [0, 0.05) is 28.7 Å². The molecule has 5 aliphatic rings. The number of ether oxygens (including phenoxy) is 4. The second-order valence-electron chi connectivity index (χ2n) is 19.5. The van der Waals surface area contributed by atoms with Crippen LogP contribution in [0, 0.1) is 11.3 Å². The Morgan fingerprint density at radius 3 is 2.03 bits per heavy atom. The number of hydrogen-bond acceptors (Lipinski definition) is 7. The van der Waals surface area contributed by atoms with Crippen molar-refractivity contribution in [2.75, 3.05) is 39.5 Å². The van der Waals surface area contributed by atoms with Gasteiger partial charge in [-0.05, 0) is 187 Å². The Hall–Kier alpha value is -6.06. The van der Waals surface area contributed by atoms with Crippen LogP contribution in [0.4, 0.5) is 0 Å². The topological polar surface area (TPSA) is 106 Å². The molecule has 11 rings (SSSR count). The van der Waals surface area contributed by atoms with Crippen molar-refractivity contribution < 1.29 is 18.9 Å². The molecule has 2 saturated carbocycles. The molecule has 9 heteroatoms. The molecule has 5 heterocycles. The van der Waals surface area contributed by atoms with Gasteiger partial charge in [0.1, 0.15) is 25.9 Å². The minimum Gasteiger partial charge on any atom is -0.486 e. The molecule has 66 heavy (non-hydrogen) atoms. The van der Waals surface area contributed by atoms with Crippen molar-refractivity contribution in [1.29, 1.82) is 0 Å². The third-order valence-corrected chi connectivity index (χ3v) is 15.2. The van der Waals surface area contributed by atoms with E-state index in [0.717, 1.165) is 116 Å². The van der Waals surface area contributed by atoms with Crippen LogP contribution in [0.5, 0.6) is 23.0 Å². The van der Waals surface area contributed by atoms with Crippen LogP contribution < -0.4 is 30.1 Å². The Balaban J connectivity index is 0.848. The number of nitrogens with zero attached hydrogens (tertiary/aromatic N) is 1. The highest BCUT2D eigenvalue weighted by atomic mass is 16.6. The first-order valence-electron chi connectivity index (χ1n) is 24.7. The van der Waals surface area contributed by atoms with Crippen molar-refractivity contribution in [3.8, 4) is 23.0 Å². The molecule has 3 unspecified atom stereocenters. The fourth-order valence-corrected chi connectivity index (χ4v) is 11.3. The number of piperidine rings is 1. The molecular formula is C57H61N3O6. The summed E-state index contributed by atoms with van der Waals surface area (Å²) in [6, 6.07) is 29.4.